The molecule has 1 aliphatic heterocycles. The summed E-state index contributed by atoms with van der Waals surface area (Å²) in [6, 6.07) is 19.4. The molecule has 0 aromatic heterocycles. The van der Waals surface area contributed by atoms with E-state index in [1.807, 2.05) is 74.2 Å². The molecule has 0 N–H and O–H groups in total. The summed E-state index contributed by atoms with van der Waals surface area (Å²) in [5.41, 5.74) is 2.51. The Hall–Kier alpha value is -3.30. The van der Waals surface area contributed by atoms with Crippen molar-refractivity contribution in [3.8, 4) is 11.5 Å². The van der Waals surface area contributed by atoms with Crippen LogP contribution < -0.4 is 9.47 Å². The Labute approximate surface area is 275 Å². The third kappa shape index (κ3) is 8.91. The van der Waals surface area contributed by atoms with Crippen LogP contribution in [0.1, 0.15) is 62.4 Å². The minimum atomic E-state index is -1.06. The number of halogens is 2. The van der Waals surface area contributed by atoms with Crippen molar-refractivity contribution in [1.29, 1.82) is 0 Å². The summed E-state index contributed by atoms with van der Waals surface area (Å²) >= 11 is 12.7. The Morgan fingerprint density at radius 2 is 1.64 bits per heavy atom. The summed E-state index contributed by atoms with van der Waals surface area (Å²) in [6.45, 7) is 6.72. The molecule has 1 fully saturated rings. The number of benzene rings is 3. The van der Waals surface area contributed by atoms with E-state index >= 15 is 0 Å². The fourth-order valence-corrected chi connectivity index (χ4v) is 5.71. The maximum absolute atomic E-state index is 14.3. The zero-order valence-corrected chi connectivity index (χ0v) is 27.8. The summed E-state index contributed by atoms with van der Waals surface area (Å²) in [5, 5.41) is 1.11. The molecule has 0 saturated carbocycles. The molecule has 0 bridgehead atoms. The minimum absolute atomic E-state index is 0.161. The molecule has 242 valence electrons. The van der Waals surface area contributed by atoms with Crippen LogP contribution in [0.3, 0.4) is 0 Å². The summed E-state index contributed by atoms with van der Waals surface area (Å²) < 4.78 is 29.0. The molecule has 0 spiro atoms. The molecule has 3 aromatic carbocycles. The smallest absolute Gasteiger partial charge is 0.308 e. The average Bonchev–Trinajstić information content (AvgIpc) is 3.03. The van der Waals surface area contributed by atoms with Gasteiger partial charge in [0.1, 0.15) is 12.2 Å². The van der Waals surface area contributed by atoms with Gasteiger partial charge in [-0.05, 0) is 65.4 Å². The molecule has 1 heterocycles. The molecule has 45 heavy (non-hydrogen) atoms. The third-order valence-electron chi connectivity index (χ3n) is 7.64. The van der Waals surface area contributed by atoms with Gasteiger partial charge in [-0.1, -0.05) is 74.3 Å². The highest BCUT2D eigenvalue weighted by molar-refractivity contribution is 6.30. The molecule has 3 unspecified atom stereocenters. The zero-order valence-electron chi connectivity index (χ0n) is 26.3. The number of amides is 1. The first kappa shape index (κ1) is 34.6. The van der Waals surface area contributed by atoms with Crippen LogP contribution in [0, 0.1) is 5.92 Å². The lowest BCUT2D eigenvalue weighted by Crippen LogP contribution is -2.56. The van der Waals surface area contributed by atoms with Gasteiger partial charge in [0.25, 0.3) is 5.91 Å². The lowest BCUT2D eigenvalue weighted by atomic mass is 9.89. The monoisotopic (exact) mass is 657 g/mol. The second-order valence-corrected chi connectivity index (χ2v) is 12.3. The first-order valence-corrected chi connectivity index (χ1v) is 15.8. The molecular weight excluding hydrogens is 617 g/mol. The molecular formula is C35H41Cl2NO7. The number of esters is 1. The van der Waals surface area contributed by atoms with Crippen molar-refractivity contribution in [3.63, 3.8) is 0 Å². The summed E-state index contributed by atoms with van der Waals surface area (Å²) in [6.07, 6.45) is -1.31. The fourth-order valence-electron chi connectivity index (χ4n) is 5.39. The van der Waals surface area contributed by atoms with Crippen LogP contribution in [0.5, 0.6) is 11.5 Å². The number of morpholine rings is 1. The summed E-state index contributed by atoms with van der Waals surface area (Å²) in [7, 11) is 3.17. The van der Waals surface area contributed by atoms with Crippen LogP contribution >= 0.6 is 23.2 Å². The maximum atomic E-state index is 14.3. The molecule has 4 atom stereocenters. The van der Waals surface area contributed by atoms with Crippen LogP contribution in [-0.2, 0) is 30.4 Å². The zero-order chi connectivity index (χ0) is 32.5. The van der Waals surface area contributed by atoms with Crippen LogP contribution in [0.2, 0.25) is 10.0 Å². The Morgan fingerprint density at radius 3 is 2.29 bits per heavy atom. The quantitative estimate of drug-likeness (QED) is 0.165. The van der Waals surface area contributed by atoms with Crippen LogP contribution in [-0.4, -0.2) is 56.4 Å². The highest BCUT2D eigenvalue weighted by Gasteiger charge is 2.47. The molecule has 0 aliphatic carbocycles. The van der Waals surface area contributed by atoms with Crippen molar-refractivity contribution in [2.45, 2.75) is 64.5 Å². The van der Waals surface area contributed by atoms with E-state index in [0.717, 1.165) is 16.7 Å². The predicted molar refractivity (Wildman–Crippen MR) is 174 cm³/mol. The molecule has 1 saturated heterocycles. The van der Waals surface area contributed by atoms with Crippen molar-refractivity contribution in [3.05, 3.63) is 93.5 Å². The summed E-state index contributed by atoms with van der Waals surface area (Å²) in [4.78, 5) is 29.0. The standard InChI is InChI=1S/C35H41Cl2NO7/c1-6-28(21-43-20-23-10-15-29(41-4)30(16-23)42-5)38-33(24-11-13-26(36)14-12-24)34(25-8-7-9-27(37)17-25)45-31(35(38)40)18-32(39)44-19-22(2)3/h7-17,22,28,31,33-34H,6,18-21H2,1-5H3/t28?,31-,33?,34?/m1/s1. The van der Waals surface area contributed by atoms with Gasteiger partial charge in [0, 0.05) is 10.0 Å². The van der Waals surface area contributed by atoms with E-state index in [-0.39, 0.29) is 37.5 Å². The number of hydrogen-bond donors (Lipinski definition) is 0. The average molecular weight is 659 g/mol. The van der Waals surface area contributed by atoms with E-state index in [1.165, 1.54) is 0 Å². The molecule has 0 radical (unpaired) electrons. The number of hydrogen-bond acceptors (Lipinski definition) is 7. The van der Waals surface area contributed by atoms with E-state index in [1.54, 1.807) is 32.4 Å². The van der Waals surface area contributed by atoms with Crippen molar-refractivity contribution in [2.24, 2.45) is 5.92 Å². The first-order chi connectivity index (χ1) is 21.6. The number of ether oxygens (including phenoxy) is 5. The van der Waals surface area contributed by atoms with Gasteiger partial charge in [-0.25, -0.2) is 0 Å². The molecule has 10 heteroatoms. The van der Waals surface area contributed by atoms with E-state index < -0.39 is 24.2 Å². The summed E-state index contributed by atoms with van der Waals surface area (Å²) in [5.74, 6) is 0.593. The molecule has 4 rings (SSSR count). The van der Waals surface area contributed by atoms with Crippen LogP contribution in [0.25, 0.3) is 0 Å². The Kier molecular flexibility index (Phi) is 12.5. The van der Waals surface area contributed by atoms with Gasteiger partial charge < -0.3 is 28.6 Å². The second-order valence-electron chi connectivity index (χ2n) is 11.4. The third-order valence-corrected chi connectivity index (χ3v) is 8.12. The van der Waals surface area contributed by atoms with E-state index in [0.29, 0.717) is 34.6 Å². The lowest BCUT2D eigenvalue weighted by molar-refractivity contribution is -0.186. The normalized spacial score (nSPS) is 19.0. The predicted octanol–water partition coefficient (Wildman–Crippen LogP) is 7.61. The first-order valence-electron chi connectivity index (χ1n) is 15.1. The van der Waals surface area contributed by atoms with Gasteiger partial charge in [-0.15, -0.1) is 0 Å². The van der Waals surface area contributed by atoms with Gasteiger partial charge >= 0.3 is 5.97 Å². The van der Waals surface area contributed by atoms with Crippen molar-refractivity contribution < 1.29 is 33.3 Å². The number of methoxy groups -OCH3 is 2. The van der Waals surface area contributed by atoms with Gasteiger partial charge in [0.05, 0.1) is 52.5 Å². The van der Waals surface area contributed by atoms with Gasteiger partial charge in [0.2, 0.25) is 0 Å². The minimum Gasteiger partial charge on any atom is -0.493 e. The van der Waals surface area contributed by atoms with Crippen LogP contribution in [0.15, 0.2) is 66.7 Å². The number of rotatable bonds is 14. The van der Waals surface area contributed by atoms with Crippen molar-refractivity contribution >= 4 is 35.1 Å². The Morgan fingerprint density at radius 1 is 0.911 bits per heavy atom. The van der Waals surface area contributed by atoms with Gasteiger partial charge in [-0.2, -0.15) is 0 Å². The lowest BCUT2D eigenvalue weighted by Gasteiger charge is -2.48. The molecule has 8 nitrogen and oxygen atoms in total. The topological polar surface area (TPSA) is 83.5 Å². The SMILES string of the molecule is CCC(COCc1ccc(OC)c(OC)c1)N1C(=O)[C@@H](CC(=O)OCC(C)C)OC(c2cccc(Cl)c2)C1c1ccc(Cl)cc1. The highest BCUT2D eigenvalue weighted by atomic mass is 35.5. The largest absolute Gasteiger partial charge is 0.493 e. The number of carbonyl (C=O) groups is 2. The van der Waals surface area contributed by atoms with Gasteiger partial charge in [-0.3, -0.25) is 9.59 Å². The molecule has 3 aromatic rings. The molecule has 1 amide bonds. The Balaban J connectivity index is 1.69. The van der Waals surface area contributed by atoms with E-state index in [4.69, 9.17) is 46.9 Å². The number of carbonyl (C=O) groups excluding carboxylic acids is 2. The highest BCUT2D eigenvalue weighted by Crippen LogP contribution is 2.44. The second kappa shape index (κ2) is 16.3. The van der Waals surface area contributed by atoms with E-state index in [2.05, 4.69) is 0 Å². The van der Waals surface area contributed by atoms with E-state index in [9.17, 15) is 9.59 Å². The maximum Gasteiger partial charge on any atom is 0.308 e. The van der Waals surface area contributed by atoms with Gasteiger partial charge in [0.15, 0.2) is 11.5 Å². The number of nitrogens with zero attached hydrogens (tertiary/aromatic N) is 1. The van der Waals surface area contributed by atoms with Crippen molar-refractivity contribution in [1.82, 2.24) is 4.90 Å². The molecule has 1 aliphatic rings. The fraction of sp³-hybridized carbons (Fsp3) is 0.429. The Bertz CT molecular complexity index is 1430. The van der Waals surface area contributed by atoms with Crippen LogP contribution in [0.4, 0.5) is 0 Å². The van der Waals surface area contributed by atoms with Crippen molar-refractivity contribution in [2.75, 3.05) is 27.4 Å².